The number of alkyl halides is 3. The standard InChI is InChI=1S/C20H21N5O4S.C2HF3O2/c1-12-2-3-13(30(27,28)25-19-4-5-20(26,9-19)10-19)6-14(12)15-7-23-18(21)17(24-15)16-8-22-11-29-16;3-2(4,5)1(6)7/h2-3,6-8,11,25-26H,4-5,9-10H2,1H3,(H2,21,23);(H,6,7)/i1D3;. The Morgan fingerprint density at radius 1 is 1.27 bits per heavy atom. The molecule has 3 aromatic rings. The summed E-state index contributed by atoms with van der Waals surface area (Å²) in [5.41, 5.74) is 4.72. The first-order valence-electron chi connectivity index (χ1n) is 12.1. The molecule has 0 unspecified atom stereocenters. The lowest BCUT2D eigenvalue weighted by Crippen LogP contribution is -2.58. The highest BCUT2D eigenvalue weighted by atomic mass is 32.2. The van der Waals surface area contributed by atoms with Gasteiger partial charge in [-0.1, -0.05) is 6.07 Å². The van der Waals surface area contributed by atoms with Crippen LogP contribution in [0.25, 0.3) is 22.7 Å². The topological polar surface area (TPSA) is 182 Å². The first kappa shape index (κ1) is 22.6. The zero-order valence-corrected chi connectivity index (χ0v) is 19.6. The van der Waals surface area contributed by atoms with Gasteiger partial charge in [0.25, 0.3) is 0 Å². The van der Waals surface area contributed by atoms with Gasteiger partial charge in [-0.2, -0.15) is 13.2 Å². The second-order valence-electron chi connectivity index (χ2n) is 8.83. The van der Waals surface area contributed by atoms with E-state index in [0.717, 1.165) is 0 Å². The number of benzene rings is 1. The molecule has 0 saturated heterocycles. The molecule has 0 spiro atoms. The van der Waals surface area contributed by atoms with Crippen molar-refractivity contribution in [3.05, 3.63) is 42.5 Å². The summed E-state index contributed by atoms with van der Waals surface area (Å²) in [4.78, 5) is 21.1. The van der Waals surface area contributed by atoms with Crippen molar-refractivity contribution < 1.29 is 45.1 Å². The van der Waals surface area contributed by atoms with Gasteiger partial charge < -0.3 is 20.4 Å². The van der Waals surface area contributed by atoms with Crippen LogP contribution in [-0.2, 0) is 14.8 Å². The molecule has 5 N–H and O–H groups in total. The van der Waals surface area contributed by atoms with Crippen molar-refractivity contribution in [2.75, 3.05) is 5.73 Å². The summed E-state index contributed by atoms with van der Waals surface area (Å²) in [6, 6.07) is 3.78. The van der Waals surface area contributed by atoms with E-state index >= 15 is 0 Å². The Morgan fingerprint density at radius 3 is 2.51 bits per heavy atom. The van der Waals surface area contributed by atoms with Crippen molar-refractivity contribution in [2.24, 2.45) is 0 Å². The number of carboxylic acids is 1. The molecule has 2 aromatic heterocycles. The fourth-order valence-electron chi connectivity index (χ4n) is 4.45. The fraction of sp³-hybridized carbons (Fsp3) is 0.364. The molecule has 0 radical (unpaired) electrons. The van der Waals surface area contributed by atoms with Gasteiger partial charge in [-0.3, -0.25) is 0 Å². The molecular weight excluding hydrogens is 519 g/mol. The van der Waals surface area contributed by atoms with Crippen LogP contribution < -0.4 is 10.5 Å². The molecule has 0 atom stereocenters. The number of nitrogens with two attached hydrogens (primary N) is 1. The van der Waals surface area contributed by atoms with E-state index in [1.807, 2.05) is 0 Å². The average Bonchev–Trinajstić information content (AvgIpc) is 3.53. The number of aryl methyl sites for hydroxylation is 1. The molecule has 1 aromatic carbocycles. The molecule has 0 aliphatic heterocycles. The normalized spacial score (nSPS) is 24.2. The number of carboxylic acid groups (broad SMARTS) is 1. The molecule has 37 heavy (non-hydrogen) atoms. The predicted molar refractivity (Wildman–Crippen MR) is 122 cm³/mol. The van der Waals surface area contributed by atoms with Gasteiger partial charge in [-0.25, -0.2) is 32.9 Å². The maximum atomic E-state index is 13.2. The summed E-state index contributed by atoms with van der Waals surface area (Å²) in [6.07, 6.45) is 0.607. The summed E-state index contributed by atoms with van der Waals surface area (Å²) in [5, 5.41) is 17.3. The van der Waals surface area contributed by atoms with Crippen LogP contribution in [0, 0.1) is 6.85 Å². The van der Waals surface area contributed by atoms with Crippen LogP contribution >= 0.6 is 0 Å². The van der Waals surface area contributed by atoms with Crippen molar-refractivity contribution in [1.82, 2.24) is 19.7 Å². The number of sulfonamides is 1. The molecular formula is C22H22F3N5O6S. The Bertz CT molecular complexity index is 1540. The summed E-state index contributed by atoms with van der Waals surface area (Å²) >= 11 is 0. The van der Waals surface area contributed by atoms with Crippen molar-refractivity contribution in [2.45, 2.75) is 54.7 Å². The molecule has 2 heterocycles. The second kappa shape index (κ2) is 9.08. The highest BCUT2D eigenvalue weighted by molar-refractivity contribution is 7.89. The summed E-state index contributed by atoms with van der Waals surface area (Å²) in [5.74, 6) is -2.47. The van der Waals surface area contributed by atoms with E-state index in [1.54, 1.807) is 0 Å². The Kier molecular flexibility index (Phi) is 5.55. The number of hydrogen-bond acceptors (Lipinski definition) is 9. The molecule has 11 nitrogen and oxygen atoms in total. The van der Waals surface area contributed by atoms with E-state index < -0.39 is 40.2 Å². The van der Waals surface area contributed by atoms with Crippen LogP contribution in [0.4, 0.5) is 19.0 Å². The van der Waals surface area contributed by atoms with Crippen LogP contribution in [0.5, 0.6) is 0 Å². The number of nitrogens with zero attached hydrogens (tertiary/aromatic N) is 3. The summed E-state index contributed by atoms with van der Waals surface area (Å²) in [7, 11) is -3.99. The average molecular weight is 545 g/mol. The quantitative estimate of drug-likeness (QED) is 0.373. The third-order valence-electron chi connectivity index (χ3n) is 6.04. The fourth-order valence-corrected chi connectivity index (χ4v) is 5.90. The molecule has 2 bridgehead atoms. The third-order valence-corrected chi connectivity index (χ3v) is 7.62. The van der Waals surface area contributed by atoms with Gasteiger partial charge in [-0.05, 0) is 50.2 Å². The molecule has 198 valence electrons. The maximum Gasteiger partial charge on any atom is 0.490 e. The van der Waals surface area contributed by atoms with Gasteiger partial charge in [0.1, 0.15) is 0 Å². The largest absolute Gasteiger partial charge is 0.490 e. The van der Waals surface area contributed by atoms with Crippen molar-refractivity contribution in [3.8, 4) is 22.7 Å². The van der Waals surface area contributed by atoms with Gasteiger partial charge in [-0.15, -0.1) is 0 Å². The highest BCUT2D eigenvalue weighted by Crippen LogP contribution is 2.55. The minimum Gasteiger partial charge on any atom is -0.475 e. The number of aliphatic carboxylic acids is 1. The number of nitrogens with one attached hydrogen (secondary N) is 1. The first-order chi connectivity index (χ1) is 18.3. The minimum atomic E-state index is -5.08. The highest BCUT2D eigenvalue weighted by Gasteiger charge is 2.61. The number of nitrogen functional groups attached to an aromatic ring is 1. The number of aromatic nitrogens is 3. The monoisotopic (exact) mass is 544 g/mol. The number of aliphatic hydroxyl groups is 1. The molecule has 0 amide bonds. The van der Waals surface area contributed by atoms with Gasteiger partial charge in [0, 0.05) is 15.2 Å². The number of fused-ring (bicyclic) bond motifs is 1. The SMILES string of the molecule is O=C(O)C(F)(F)F.[2H]C([2H])([2H])c1ccc(S(=O)(=O)NC23CCC(O)(C2)C3)cc1-c1cnc(N)c(-c2cnco2)n1. The van der Waals surface area contributed by atoms with Crippen LogP contribution in [0.15, 0.2) is 46.3 Å². The van der Waals surface area contributed by atoms with Crippen molar-refractivity contribution in [1.29, 1.82) is 0 Å². The van der Waals surface area contributed by atoms with E-state index in [9.17, 15) is 26.7 Å². The number of halogens is 3. The van der Waals surface area contributed by atoms with Gasteiger partial charge >= 0.3 is 12.1 Å². The Hall–Kier alpha value is -3.56. The predicted octanol–water partition coefficient (Wildman–Crippen LogP) is 2.66. The zero-order chi connectivity index (χ0) is 29.7. The van der Waals surface area contributed by atoms with E-state index in [2.05, 4.69) is 19.7 Å². The summed E-state index contributed by atoms with van der Waals surface area (Å²) in [6.45, 7) is -2.53. The number of rotatable bonds is 5. The molecule has 3 saturated carbocycles. The van der Waals surface area contributed by atoms with E-state index in [0.29, 0.717) is 25.7 Å². The molecule has 3 fully saturated rings. The van der Waals surface area contributed by atoms with Crippen molar-refractivity contribution in [3.63, 3.8) is 0 Å². The zero-order valence-electron chi connectivity index (χ0n) is 21.8. The molecule has 15 heteroatoms. The molecule has 3 aliphatic rings. The molecule has 3 aliphatic carbocycles. The second-order valence-corrected chi connectivity index (χ2v) is 10.5. The van der Waals surface area contributed by atoms with E-state index in [1.165, 1.54) is 37.0 Å². The Balaban J connectivity index is 0.000000470. The van der Waals surface area contributed by atoms with Crippen molar-refractivity contribution >= 4 is 21.8 Å². The number of oxazole rings is 1. The summed E-state index contributed by atoms with van der Waals surface area (Å²) < 4.78 is 89.7. The van der Waals surface area contributed by atoms with E-state index in [4.69, 9.17) is 24.2 Å². The first-order valence-corrected chi connectivity index (χ1v) is 12.1. The van der Waals surface area contributed by atoms with Gasteiger partial charge in [0.05, 0.1) is 28.6 Å². The lowest BCUT2D eigenvalue weighted by molar-refractivity contribution is -0.192. The van der Waals surface area contributed by atoms with Crippen LogP contribution in [0.1, 0.15) is 35.4 Å². The Morgan fingerprint density at radius 2 is 1.97 bits per heavy atom. The van der Waals surface area contributed by atoms with Gasteiger partial charge in [0.15, 0.2) is 23.7 Å². The lowest BCUT2D eigenvalue weighted by Gasteiger charge is -2.44. The Labute approximate surface area is 212 Å². The van der Waals surface area contributed by atoms with Crippen LogP contribution in [0.2, 0.25) is 0 Å². The maximum absolute atomic E-state index is 13.2. The molecule has 6 rings (SSSR count). The van der Waals surface area contributed by atoms with Crippen LogP contribution in [-0.4, -0.2) is 56.9 Å². The number of anilines is 1. The third kappa shape index (κ3) is 5.42. The number of carbonyl (C=O) groups is 1. The smallest absolute Gasteiger partial charge is 0.475 e. The number of hydrogen-bond donors (Lipinski definition) is 4. The lowest BCUT2D eigenvalue weighted by atomic mass is 9.74. The van der Waals surface area contributed by atoms with Crippen LogP contribution in [0.3, 0.4) is 0 Å². The van der Waals surface area contributed by atoms with Gasteiger partial charge in [0.2, 0.25) is 10.0 Å². The van der Waals surface area contributed by atoms with E-state index in [-0.39, 0.29) is 39.0 Å². The minimum absolute atomic E-state index is 0.0502.